The maximum absolute atomic E-state index is 12.9. The van der Waals surface area contributed by atoms with E-state index in [1.807, 2.05) is 26.0 Å². The van der Waals surface area contributed by atoms with Crippen LogP contribution in [-0.4, -0.2) is 66.4 Å². The fraction of sp³-hybridized carbons (Fsp3) is 0.647. The molecular formula is C17H27FN2O2. The van der Waals surface area contributed by atoms with Gasteiger partial charge in [0.2, 0.25) is 0 Å². The van der Waals surface area contributed by atoms with Crippen molar-refractivity contribution in [3.05, 3.63) is 35.6 Å². The molecule has 1 unspecified atom stereocenters. The largest absolute Gasteiger partial charge is 0.389 e. The second-order valence-electron chi connectivity index (χ2n) is 6.24. The van der Waals surface area contributed by atoms with Gasteiger partial charge >= 0.3 is 0 Å². The molecule has 1 aliphatic heterocycles. The Bertz CT molecular complexity index is 431. The topological polar surface area (TPSA) is 35.9 Å². The van der Waals surface area contributed by atoms with Crippen LogP contribution in [0.5, 0.6) is 0 Å². The van der Waals surface area contributed by atoms with Crippen molar-refractivity contribution < 1.29 is 14.2 Å². The molecule has 1 saturated heterocycles. The van der Waals surface area contributed by atoms with Crippen LogP contribution in [-0.2, 0) is 11.3 Å². The molecule has 1 aromatic carbocycles. The molecule has 0 radical (unpaired) electrons. The highest BCUT2D eigenvalue weighted by atomic mass is 19.1. The second kappa shape index (κ2) is 8.58. The zero-order valence-electron chi connectivity index (χ0n) is 13.5. The maximum atomic E-state index is 12.9. The predicted molar refractivity (Wildman–Crippen MR) is 85.2 cm³/mol. The van der Waals surface area contributed by atoms with E-state index in [0.29, 0.717) is 13.2 Å². The molecule has 22 heavy (non-hydrogen) atoms. The normalized spacial score (nSPS) is 18.8. The van der Waals surface area contributed by atoms with Gasteiger partial charge in [-0.2, -0.15) is 0 Å². The molecule has 0 saturated carbocycles. The lowest BCUT2D eigenvalue weighted by Gasteiger charge is -2.35. The van der Waals surface area contributed by atoms with E-state index in [9.17, 15) is 9.50 Å². The summed E-state index contributed by atoms with van der Waals surface area (Å²) < 4.78 is 18.3. The highest BCUT2D eigenvalue weighted by molar-refractivity contribution is 5.15. The van der Waals surface area contributed by atoms with Crippen molar-refractivity contribution in [1.29, 1.82) is 0 Å². The molecule has 1 atom stereocenters. The van der Waals surface area contributed by atoms with Gasteiger partial charge in [-0.1, -0.05) is 12.1 Å². The third-order valence-corrected chi connectivity index (χ3v) is 3.88. The van der Waals surface area contributed by atoms with Crippen LogP contribution in [0, 0.1) is 5.82 Å². The Morgan fingerprint density at radius 1 is 1.09 bits per heavy atom. The summed E-state index contributed by atoms with van der Waals surface area (Å²) in [6.45, 7) is 9.68. The molecule has 1 heterocycles. The minimum atomic E-state index is -0.425. The summed E-state index contributed by atoms with van der Waals surface area (Å²) in [4.78, 5) is 4.64. The van der Waals surface area contributed by atoms with Crippen LogP contribution in [0.4, 0.5) is 4.39 Å². The average Bonchev–Trinajstić information content (AvgIpc) is 2.49. The molecule has 0 bridgehead atoms. The van der Waals surface area contributed by atoms with Crippen molar-refractivity contribution in [3.63, 3.8) is 0 Å². The van der Waals surface area contributed by atoms with Gasteiger partial charge in [0.05, 0.1) is 18.8 Å². The van der Waals surface area contributed by atoms with Crippen molar-refractivity contribution in [2.24, 2.45) is 0 Å². The number of nitrogens with zero attached hydrogens (tertiary/aromatic N) is 2. The maximum Gasteiger partial charge on any atom is 0.123 e. The molecule has 1 aromatic rings. The van der Waals surface area contributed by atoms with Gasteiger partial charge in [0.25, 0.3) is 0 Å². The zero-order chi connectivity index (χ0) is 15.9. The highest BCUT2D eigenvalue weighted by Crippen LogP contribution is 2.10. The minimum Gasteiger partial charge on any atom is -0.389 e. The molecule has 0 aliphatic carbocycles. The number of benzene rings is 1. The molecule has 124 valence electrons. The van der Waals surface area contributed by atoms with E-state index >= 15 is 0 Å². The van der Waals surface area contributed by atoms with Crippen LogP contribution in [0.15, 0.2) is 24.3 Å². The number of piperazine rings is 1. The van der Waals surface area contributed by atoms with E-state index in [1.165, 1.54) is 12.1 Å². The van der Waals surface area contributed by atoms with E-state index < -0.39 is 6.10 Å². The molecule has 1 aliphatic rings. The smallest absolute Gasteiger partial charge is 0.123 e. The Hall–Kier alpha value is -1.01. The zero-order valence-corrected chi connectivity index (χ0v) is 13.5. The van der Waals surface area contributed by atoms with Crippen molar-refractivity contribution >= 4 is 0 Å². The number of aliphatic hydroxyl groups is 1. The second-order valence-corrected chi connectivity index (χ2v) is 6.24. The van der Waals surface area contributed by atoms with Gasteiger partial charge in [0.15, 0.2) is 0 Å². The quantitative estimate of drug-likeness (QED) is 0.832. The fourth-order valence-corrected chi connectivity index (χ4v) is 2.63. The molecule has 1 N–H and O–H groups in total. The molecule has 0 spiro atoms. The predicted octanol–water partition coefficient (Wildman–Crippen LogP) is 1.73. The SMILES string of the molecule is CC(C)OCC(O)CN1CCN(Cc2ccc(F)cc2)CC1. The summed E-state index contributed by atoms with van der Waals surface area (Å²) in [5.74, 6) is -0.189. The van der Waals surface area contributed by atoms with Gasteiger partial charge in [0.1, 0.15) is 5.82 Å². The first-order valence-electron chi connectivity index (χ1n) is 8.02. The van der Waals surface area contributed by atoms with E-state index in [0.717, 1.165) is 38.3 Å². The van der Waals surface area contributed by atoms with Crippen molar-refractivity contribution in [2.45, 2.75) is 32.6 Å². The summed E-state index contributed by atoms with van der Waals surface area (Å²) in [6, 6.07) is 6.71. The van der Waals surface area contributed by atoms with Gasteiger partial charge < -0.3 is 9.84 Å². The Morgan fingerprint density at radius 3 is 2.27 bits per heavy atom. The lowest BCUT2D eigenvalue weighted by molar-refractivity contribution is -0.0148. The van der Waals surface area contributed by atoms with E-state index in [4.69, 9.17) is 4.74 Å². The van der Waals surface area contributed by atoms with E-state index in [2.05, 4.69) is 9.80 Å². The van der Waals surface area contributed by atoms with Crippen molar-refractivity contribution in [2.75, 3.05) is 39.3 Å². The summed E-state index contributed by atoms with van der Waals surface area (Å²) in [5.41, 5.74) is 1.14. The van der Waals surface area contributed by atoms with E-state index in [-0.39, 0.29) is 11.9 Å². The summed E-state index contributed by atoms with van der Waals surface area (Å²) in [7, 11) is 0. The molecule has 4 nitrogen and oxygen atoms in total. The van der Waals surface area contributed by atoms with Gasteiger partial charge in [-0.25, -0.2) is 4.39 Å². The van der Waals surface area contributed by atoms with Crippen molar-refractivity contribution in [3.8, 4) is 0 Å². The van der Waals surface area contributed by atoms with Gasteiger partial charge in [0, 0.05) is 39.3 Å². The molecule has 5 heteroatoms. The third kappa shape index (κ3) is 6.01. The molecule has 0 amide bonds. The Balaban J connectivity index is 1.68. The number of aliphatic hydroxyl groups excluding tert-OH is 1. The Kier molecular flexibility index (Phi) is 6.76. The first kappa shape index (κ1) is 17.3. The molecular weight excluding hydrogens is 283 g/mol. The minimum absolute atomic E-state index is 0.155. The number of β-amino-alcohol motifs (C(OH)–C–C–N with tert-alkyl or cyclic N) is 1. The lowest BCUT2D eigenvalue weighted by Crippen LogP contribution is -2.48. The van der Waals surface area contributed by atoms with Gasteiger partial charge in [-0.05, 0) is 31.5 Å². The third-order valence-electron chi connectivity index (χ3n) is 3.88. The van der Waals surface area contributed by atoms with Crippen LogP contribution in [0.1, 0.15) is 19.4 Å². The summed E-state index contributed by atoms with van der Waals surface area (Å²) in [6.07, 6.45) is -0.270. The number of ether oxygens (including phenoxy) is 1. The lowest BCUT2D eigenvalue weighted by atomic mass is 10.2. The van der Waals surface area contributed by atoms with Crippen LogP contribution in [0.25, 0.3) is 0 Å². The van der Waals surface area contributed by atoms with Crippen LogP contribution in [0.3, 0.4) is 0 Å². The Morgan fingerprint density at radius 2 is 1.68 bits per heavy atom. The number of rotatable bonds is 7. The number of hydrogen-bond donors (Lipinski definition) is 1. The molecule has 2 rings (SSSR count). The first-order chi connectivity index (χ1) is 10.5. The van der Waals surface area contributed by atoms with Crippen LogP contribution >= 0.6 is 0 Å². The van der Waals surface area contributed by atoms with Crippen LogP contribution < -0.4 is 0 Å². The first-order valence-corrected chi connectivity index (χ1v) is 8.02. The molecule has 0 aromatic heterocycles. The highest BCUT2D eigenvalue weighted by Gasteiger charge is 2.19. The molecule has 1 fully saturated rings. The fourth-order valence-electron chi connectivity index (χ4n) is 2.63. The van der Waals surface area contributed by atoms with Crippen LogP contribution in [0.2, 0.25) is 0 Å². The Labute approximate surface area is 132 Å². The van der Waals surface area contributed by atoms with Crippen molar-refractivity contribution in [1.82, 2.24) is 9.80 Å². The average molecular weight is 310 g/mol. The summed E-state index contributed by atoms with van der Waals surface area (Å²) >= 11 is 0. The summed E-state index contributed by atoms with van der Waals surface area (Å²) in [5, 5.41) is 9.96. The number of halogens is 1. The monoisotopic (exact) mass is 310 g/mol. The number of hydrogen-bond acceptors (Lipinski definition) is 4. The van der Waals surface area contributed by atoms with Gasteiger partial charge in [-0.3, -0.25) is 9.80 Å². The standard InChI is InChI=1S/C17H27FN2O2/c1-14(2)22-13-17(21)12-20-9-7-19(8-10-20)11-15-3-5-16(18)6-4-15/h3-6,14,17,21H,7-13H2,1-2H3. The van der Waals surface area contributed by atoms with Gasteiger partial charge in [-0.15, -0.1) is 0 Å². The van der Waals surface area contributed by atoms with E-state index in [1.54, 1.807) is 0 Å².